The summed E-state index contributed by atoms with van der Waals surface area (Å²) in [6.45, 7) is 0. The molecule has 0 amide bonds. The fourth-order valence-corrected chi connectivity index (χ4v) is 1.64. The zero-order valence-corrected chi connectivity index (χ0v) is 8.65. The summed E-state index contributed by atoms with van der Waals surface area (Å²) in [5, 5.41) is 13.0. The zero-order valence-electron chi connectivity index (χ0n) is 7.89. The highest BCUT2D eigenvalue weighted by Gasteiger charge is 2.09. The van der Waals surface area contributed by atoms with Crippen LogP contribution in [0.1, 0.15) is 11.3 Å². The number of aromatic nitrogens is 2. The number of hydrogen-bond donors (Lipinski definition) is 0. The van der Waals surface area contributed by atoms with Crippen LogP contribution in [-0.2, 0) is 5.88 Å². The molecule has 2 rings (SSSR count). The molecule has 0 aliphatic carbocycles. The van der Waals surface area contributed by atoms with Crippen molar-refractivity contribution >= 4 is 11.6 Å². The molecule has 0 bridgehead atoms. The smallest absolute Gasteiger partial charge is 0.103 e. The second-order valence-electron chi connectivity index (χ2n) is 3.00. The van der Waals surface area contributed by atoms with Crippen LogP contribution in [0, 0.1) is 11.3 Å². The topological polar surface area (TPSA) is 41.6 Å². The van der Waals surface area contributed by atoms with Crippen molar-refractivity contribution in [3.63, 3.8) is 0 Å². The summed E-state index contributed by atoms with van der Waals surface area (Å²) in [4.78, 5) is 0. The molecule has 0 atom stereocenters. The van der Waals surface area contributed by atoms with Crippen LogP contribution in [0.5, 0.6) is 0 Å². The first-order valence-electron chi connectivity index (χ1n) is 4.45. The first kappa shape index (κ1) is 9.75. The molecule has 0 aliphatic rings. The molecule has 0 unspecified atom stereocenters. The lowest BCUT2D eigenvalue weighted by molar-refractivity contribution is 0.840. The molecule has 0 saturated carbocycles. The maximum atomic E-state index is 8.85. The predicted molar refractivity (Wildman–Crippen MR) is 57.8 cm³/mol. The van der Waals surface area contributed by atoms with Gasteiger partial charge in [-0.05, 0) is 12.1 Å². The van der Waals surface area contributed by atoms with Gasteiger partial charge in [0.15, 0.2) is 0 Å². The molecule has 1 aromatic heterocycles. The van der Waals surface area contributed by atoms with Gasteiger partial charge in [-0.1, -0.05) is 18.2 Å². The highest BCUT2D eigenvalue weighted by molar-refractivity contribution is 6.17. The van der Waals surface area contributed by atoms with Gasteiger partial charge in [0.1, 0.15) is 6.07 Å². The van der Waals surface area contributed by atoms with Gasteiger partial charge in [-0.3, -0.25) is 0 Å². The average Bonchev–Trinajstić information content (AvgIpc) is 2.72. The fourth-order valence-electron chi connectivity index (χ4n) is 1.39. The number of halogens is 1. The highest BCUT2D eigenvalue weighted by Crippen LogP contribution is 2.15. The van der Waals surface area contributed by atoms with Gasteiger partial charge in [-0.2, -0.15) is 10.4 Å². The van der Waals surface area contributed by atoms with Gasteiger partial charge in [-0.25, -0.2) is 4.68 Å². The van der Waals surface area contributed by atoms with Crippen molar-refractivity contribution in [3.05, 3.63) is 47.8 Å². The fraction of sp³-hybridized carbons (Fsp3) is 0.0909. The summed E-state index contributed by atoms with van der Waals surface area (Å²) >= 11 is 5.80. The van der Waals surface area contributed by atoms with Gasteiger partial charge in [0.2, 0.25) is 0 Å². The third-order valence-corrected chi connectivity index (χ3v) is 2.37. The van der Waals surface area contributed by atoms with E-state index >= 15 is 0 Å². The molecule has 2 aromatic rings. The van der Waals surface area contributed by atoms with Crippen LogP contribution in [0.25, 0.3) is 5.69 Å². The lowest BCUT2D eigenvalue weighted by Gasteiger charge is -2.04. The summed E-state index contributed by atoms with van der Waals surface area (Å²) in [5.41, 5.74) is 2.16. The Morgan fingerprint density at radius 2 is 2.07 bits per heavy atom. The lowest BCUT2D eigenvalue weighted by atomic mass is 10.2. The van der Waals surface area contributed by atoms with Crippen molar-refractivity contribution < 1.29 is 0 Å². The molecule has 0 fully saturated rings. The molecule has 1 heterocycles. The van der Waals surface area contributed by atoms with Gasteiger partial charge in [-0.15, -0.1) is 11.6 Å². The van der Waals surface area contributed by atoms with E-state index in [2.05, 4.69) is 11.2 Å². The Hall–Kier alpha value is -1.79. The molecule has 0 aliphatic heterocycles. The maximum Gasteiger partial charge on any atom is 0.103 e. The van der Waals surface area contributed by atoms with Crippen molar-refractivity contribution in [1.29, 1.82) is 5.26 Å². The molecule has 0 radical (unpaired) electrons. The van der Waals surface area contributed by atoms with Crippen molar-refractivity contribution in [2.75, 3.05) is 0 Å². The van der Waals surface area contributed by atoms with Crippen LogP contribution in [0.3, 0.4) is 0 Å². The Labute approximate surface area is 92.5 Å². The Kier molecular flexibility index (Phi) is 2.70. The number of rotatable bonds is 2. The van der Waals surface area contributed by atoms with Gasteiger partial charge in [0.05, 0.1) is 29.0 Å². The highest BCUT2D eigenvalue weighted by atomic mass is 35.5. The van der Waals surface area contributed by atoms with Crippen molar-refractivity contribution in [3.8, 4) is 11.8 Å². The second-order valence-corrected chi connectivity index (χ2v) is 3.26. The maximum absolute atomic E-state index is 8.85. The van der Waals surface area contributed by atoms with Crippen LogP contribution in [-0.4, -0.2) is 9.78 Å². The Morgan fingerprint density at radius 1 is 1.33 bits per heavy atom. The van der Waals surface area contributed by atoms with E-state index < -0.39 is 0 Å². The quantitative estimate of drug-likeness (QED) is 0.726. The van der Waals surface area contributed by atoms with E-state index in [0.29, 0.717) is 5.56 Å². The average molecular weight is 218 g/mol. The van der Waals surface area contributed by atoms with Gasteiger partial charge < -0.3 is 0 Å². The summed E-state index contributed by atoms with van der Waals surface area (Å²) in [7, 11) is 0. The van der Waals surface area contributed by atoms with E-state index in [1.807, 2.05) is 30.3 Å². The van der Waals surface area contributed by atoms with Crippen LogP contribution >= 0.6 is 11.6 Å². The van der Waals surface area contributed by atoms with E-state index in [4.69, 9.17) is 16.9 Å². The van der Waals surface area contributed by atoms with Crippen LogP contribution in [0.2, 0.25) is 0 Å². The standard InChI is InChI=1S/C11H8ClN3/c12-6-11-9(7-13)8-14-15(11)10-4-2-1-3-5-10/h1-5,8H,6H2. The minimum atomic E-state index is 0.276. The molecular formula is C11H8ClN3. The first-order chi connectivity index (χ1) is 7.36. The predicted octanol–water partition coefficient (Wildman–Crippen LogP) is 2.48. The number of benzene rings is 1. The molecule has 15 heavy (non-hydrogen) atoms. The number of nitrogens with zero attached hydrogens (tertiary/aromatic N) is 3. The van der Waals surface area contributed by atoms with Gasteiger partial charge in [0.25, 0.3) is 0 Å². The second kappa shape index (κ2) is 4.16. The molecule has 3 nitrogen and oxygen atoms in total. The number of alkyl halides is 1. The molecule has 0 N–H and O–H groups in total. The van der Waals surface area contributed by atoms with Crippen LogP contribution < -0.4 is 0 Å². The first-order valence-corrected chi connectivity index (χ1v) is 4.98. The number of hydrogen-bond acceptors (Lipinski definition) is 2. The van der Waals surface area contributed by atoms with E-state index in [0.717, 1.165) is 11.4 Å². The zero-order chi connectivity index (χ0) is 10.7. The summed E-state index contributed by atoms with van der Waals surface area (Å²) < 4.78 is 1.69. The molecule has 74 valence electrons. The summed E-state index contributed by atoms with van der Waals surface area (Å²) in [5.74, 6) is 0.276. The van der Waals surface area contributed by atoms with E-state index in [1.165, 1.54) is 6.20 Å². The van der Waals surface area contributed by atoms with E-state index in [-0.39, 0.29) is 5.88 Å². The van der Waals surface area contributed by atoms with Gasteiger partial charge >= 0.3 is 0 Å². The third kappa shape index (κ3) is 1.72. The van der Waals surface area contributed by atoms with E-state index in [1.54, 1.807) is 4.68 Å². The monoisotopic (exact) mass is 217 g/mol. The minimum Gasteiger partial charge on any atom is -0.235 e. The molecule has 0 saturated heterocycles. The number of para-hydroxylation sites is 1. The molecular weight excluding hydrogens is 210 g/mol. The van der Waals surface area contributed by atoms with Crippen LogP contribution in [0.15, 0.2) is 36.5 Å². The molecule has 4 heteroatoms. The van der Waals surface area contributed by atoms with Crippen molar-refractivity contribution in [1.82, 2.24) is 9.78 Å². The summed E-state index contributed by atoms with van der Waals surface area (Å²) in [6.07, 6.45) is 1.53. The normalized spacial score (nSPS) is 9.87. The van der Waals surface area contributed by atoms with Crippen molar-refractivity contribution in [2.45, 2.75) is 5.88 Å². The molecule has 1 aromatic carbocycles. The van der Waals surface area contributed by atoms with Crippen LogP contribution in [0.4, 0.5) is 0 Å². The molecule has 0 spiro atoms. The van der Waals surface area contributed by atoms with E-state index in [9.17, 15) is 0 Å². The lowest BCUT2D eigenvalue weighted by Crippen LogP contribution is -2.00. The minimum absolute atomic E-state index is 0.276. The van der Waals surface area contributed by atoms with Crippen molar-refractivity contribution in [2.24, 2.45) is 0 Å². The Balaban J connectivity index is 2.55. The Bertz CT molecular complexity index is 496. The Morgan fingerprint density at radius 3 is 2.67 bits per heavy atom. The number of nitriles is 1. The summed E-state index contributed by atoms with van der Waals surface area (Å²) in [6, 6.07) is 11.7. The largest absolute Gasteiger partial charge is 0.235 e. The van der Waals surface area contributed by atoms with Gasteiger partial charge in [0, 0.05) is 0 Å². The SMILES string of the molecule is N#Cc1cnn(-c2ccccc2)c1CCl. The third-order valence-electron chi connectivity index (χ3n) is 2.12.